The Bertz CT molecular complexity index is 492. The summed E-state index contributed by atoms with van der Waals surface area (Å²) >= 11 is -1.43. The van der Waals surface area contributed by atoms with Crippen LogP contribution in [0.3, 0.4) is 0 Å². The zero-order valence-corrected chi connectivity index (χ0v) is 17.7. The van der Waals surface area contributed by atoms with E-state index in [-0.39, 0.29) is 11.7 Å². The molecule has 0 aromatic heterocycles. The molecular weight excluding hydrogens is 294 g/mol. The summed E-state index contributed by atoms with van der Waals surface area (Å²) < 4.78 is 4.47. The molecule has 0 amide bonds. The Kier molecular flexibility index (Phi) is 5.75. The van der Waals surface area contributed by atoms with E-state index in [0.29, 0.717) is 3.72 Å². The number of hydrogen-bond acceptors (Lipinski definition) is 1. The van der Waals surface area contributed by atoms with Gasteiger partial charge in [0.15, 0.2) is 0 Å². The van der Waals surface area contributed by atoms with Crippen molar-refractivity contribution in [2.75, 3.05) is 0 Å². The molecule has 0 saturated heterocycles. The summed E-state index contributed by atoms with van der Waals surface area (Å²) in [6.45, 7) is 23.9. The van der Waals surface area contributed by atoms with Crippen molar-refractivity contribution in [2.24, 2.45) is 0 Å². The summed E-state index contributed by atoms with van der Waals surface area (Å²) in [4.78, 5) is 0. The minimum atomic E-state index is -1.43. The van der Waals surface area contributed by atoms with Crippen molar-refractivity contribution in [3.63, 3.8) is 0 Å². The molecule has 0 aromatic carbocycles. The van der Waals surface area contributed by atoms with Crippen LogP contribution in [0, 0.1) is 0 Å². The molecule has 1 unspecified atom stereocenters. The quantitative estimate of drug-likeness (QED) is 0.683. The predicted octanol–water partition coefficient (Wildman–Crippen LogP) is 5.41. The van der Waals surface area contributed by atoms with Crippen LogP contribution in [0.5, 0.6) is 0 Å². The normalized spacial score (nSPS) is 25.2. The van der Waals surface area contributed by atoms with Crippen molar-refractivity contribution in [3.05, 3.63) is 22.8 Å². The van der Waals surface area contributed by atoms with E-state index in [9.17, 15) is 0 Å². The fourth-order valence-electron chi connectivity index (χ4n) is 2.90. The number of allylic oxidation sites excluding steroid dienone is 4. The van der Waals surface area contributed by atoms with Gasteiger partial charge in [-0.3, -0.25) is 0 Å². The van der Waals surface area contributed by atoms with E-state index in [1.165, 1.54) is 11.1 Å². The van der Waals surface area contributed by atoms with Gasteiger partial charge in [-0.25, -0.2) is 0 Å². The second-order valence-electron chi connectivity index (χ2n) is 7.87. The van der Waals surface area contributed by atoms with Crippen molar-refractivity contribution >= 4 is 6.19 Å². The maximum absolute atomic E-state index is 4.12. The molecule has 1 aliphatic rings. The first-order chi connectivity index (χ1) is 8.90. The molecule has 0 aromatic rings. The fourth-order valence-corrected chi connectivity index (χ4v) is 17.6. The molecule has 0 saturated carbocycles. The minimum absolute atomic E-state index is 0.234. The molecule has 3 heteroatoms. The molecule has 0 spiro atoms. The third-order valence-corrected chi connectivity index (χ3v) is 20.3. The van der Waals surface area contributed by atoms with E-state index in [4.69, 9.17) is 0 Å². The monoisotopic (exact) mass is 327 g/mol. The Morgan fingerprint density at radius 3 is 2.00 bits per heavy atom. The summed E-state index contributed by atoms with van der Waals surface area (Å²) in [6, 6.07) is 0. The van der Waals surface area contributed by atoms with Gasteiger partial charge < -0.3 is 0 Å². The van der Waals surface area contributed by atoms with Gasteiger partial charge in [0.05, 0.1) is 0 Å². The summed E-state index contributed by atoms with van der Waals surface area (Å²) in [7, 11) is 0. The Hall–Kier alpha value is 0.371. The van der Waals surface area contributed by atoms with Gasteiger partial charge in [0, 0.05) is 0 Å². The van der Waals surface area contributed by atoms with Crippen molar-refractivity contribution in [2.45, 2.75) is 83.7 Å². The summed E-state index contributed by atoms with van der Waals surface area (Å²) in [5.41, 5.74) is 5.75. The molecule has 0 bridgehead atoms. The van der Waals surface area contributed by atoms with Crippen molar-refractivity contribution < 1.29 is 16.9 Å². The standard InChI is InChI=1S/C9H13.C4H10N.C4H10Si.Ti/c1-6-5-7(2)9(4)8(6)3;1-4(2,3)5;1-4(2)5-3;/h5H,1-4H3;5H,1-3H3;4H,1-3H3;/q;-1;;+1. The zero-order valence-electron chi connectivity index (χ0n) is 15.2. The SMILES string of the molecule is CC1=C[C](C)([Ti]([NH]C(C)(C)C)=[Si](C)C(C)C)C(C)=C1C. The molecule has 1 aliphatic carbocycles. The van der Waals surface area contributed by atoms with Gasteiger partial charge in [-0.15, -0.1) is 0 Å². The Labute approximate surface area is 133 Å². The van der Waals surface area contributed by atoms with E-state index in [1.807, 2.05) is 0 Å². The molecule has 20 heavy (non-hydrogen) atoms. The molecule has 1 atom stereocenters. The van der Waals surface area contributed by atoms with Gasteiger partial charge >= 0.3 is 133 Å². The topological polar surface area (TPSA) is 12.0 Å². The van der Waals surface area contributed by atoms with Gasteiger partial charge in [0.25, 0.3) is 0 Å². The van der Waals surface area contributed by atoms with Crippen LogP contribution in [0.2, 0.25) is 15.8 Å². The van der Waals surface area contributed by atoms with E-state index < -0.39 is 16.9 Å². The fraction of sp³-hybridized carbons (Fsp3) is 0.765. The molecule has 0 heterocycles. The molecule has 1 N–H and O–H groups in total. The predicted molar refractivity (Wildman–Crippen MR) is 90.1 cm³/mol. The molecule has 0 aliphatic heterocycles. The average molecular weight is 327 g/mol. The van der Waals surface area contributed by atoms with Gasteiger partial charge in [-0.2, -0.15) is 0 Å². The van der Waals surface area contributed by atoms with Crippen molar-refractivity contribution in [1.82, 2.24) is 3.80 Å². The summed E-state index contributed by atoms with van der Waals surface area (Å²) in [6.07, 6.45) is 2.26. The molecule has 1 rings (SSSR count). The van der Waals surface area contributed by atoms with Crippen LogP contribution in [0.1, 0.15) is 62.3 Å². The van der Waals surface area contributed by atoms with Crippen LogP contribution in [0.25, 0.3) is 0 Å². The molecule has 0 radical (unpaired) electrons. The molecule has 1 nitrogen and oxygen atoms in total. The van der Waals surface area contributed by atoms with Crippen LogP contribution in [-0.2, 0) is 16.9 Å². The Morgan fingerprint density at radius 2 is 1.70 bits per heavy atom. The van der Waals surface area contributed by atoms with E-state index in [2.05, 4.69) is 78.7 Å². The van der Waals surface area contributed by atoms with Crippen LogP contribution >= 0.6 is 0 Å². The first-order valence-corrected chi connectivity index (χ1v) is 13.8. The first kappa shape index (κ1) is 18.4. The Balaban J connectivity index is 3.45. The van der Waals surface area contributed by atoms with E-state index in [1.54, 1.807) is 5.57 Å². The maximum atomic E-state index is 4.12. The van der Waals surface area contributed by atoms with Crippen molar-refractivity contribution in [1.29, 1.82) is 0 Å². The van der Waals surface area contributed by atoms with E-state index in [0.717, 1.165) is 5.54 Å². The van der Waals surface area contributed by atoms with Gasteiger partial charge in [0.2, 0.25) is 0 Å². The summed E-state index contributed by atoms with van der Waals surface area (Å²) in [5.74, 6) is 0. The zero-order chi connectivity index (χ0) is 15.9. The number of nitrogens with one attached hydrogen (secondary N) is 1. The first-order valence-electron chi connectivity index (χ1n) is 7.77. The Morgan fingerprint density at radius 1 is 1.20 bits per heavy atom. The molecule has 114 valence electrons. The number of hydrogen-bond donors (Lipinski definition) is 1. The second kappa shape index (κ2) is 6.24. The van der Waals surface area contributed by atoms with Gasteiger partial charge in [0.1, 0.15) is 0 Å². The van der Waals surface area contributed by atoms with Gasteiger partial charge in [-0.1, -0.05) is 0 Å². The van der Waals surface area contributed by atoms with Crippen molar-refractivity contribution in [3.8, 4) is 0 Å². The summed E-state index contributed by atoms with van der Waals surface area (Å²) in [5, 5.41) is 0. The second-order valence-corrected chi connectivity index (χ2v) is 19.3. The van der Waals surface area contributed by atoms with Crippen LogP contribution < -0.4 is 3.80 Å². The van der Waals surface area contributed by atoms with E-state index >= 15 is 0 Å². The third kappa shape index (κ3) is 3.77. The molecular formula is C17H33NSiTi. The average Bonchev–Trinajstić information content (AvgIpc) is 2.49. The number of rotatable bonds is 3. The van der Waals surface area contributed by atoms with Crippen LogP contribution in [0.15, 0.2) is 22.8 Å². The van der Waals surface area contributed by atoms with Crippen LogP contribution in [0.4, 0.5) is 0 Å². The molecule has 0 fully saturated rings. The van der Waals surface area contributed by atoms with Gasteiger partial charge in [-0.05, 0) is 0 Å². The third-order valence-electron chi connectivity index (χ3n) is 4.72. The van der Waals surface area contributed by atoms with Crippen LogP contribution in [-0.4, -0.2) is 11.7 Å².